The van der Waals surface area contributed by atoms with E-state index >= 15 is 0 Å². The highest BCUT2D eigenvalue weighted by Crippen LogP contribution is 2.17. The quantitative estimate of drug-likeness (QED) is 0.901. The molecule has 2 aromatic heterocycles. The highest BCUT2D eigenvalue weighted by molar-refractivity contribution is 7.09. The van der Waals surface area contributed by atoms with Crippen molar-refractivity contribution in [1.29, 1.82) is 0 Å². The topological polar surface area (TPSA) is 83.6 Å². The third-order valence-electron chi connectivity index (χ3n) is 2.69. The lowest BCUT2D eigenvalue weighted by Crippen LogP contribution is -2.27. The van der Waals surface area contributed by atoms with Gasteiger partial charge in [0.1, 0.15) is 5.82 Å². The molecule has 2 N–H and O–H groups in total. The van der Waals surface area contributed by atoms with Gasteiger partial charge in [-0.1, -0.05) is 20.8 Å². The molecule has 0 radical (unpaired) electrons. The fourth-order valence-corrected chi connectivity index (χ4v) is 2.35. The molecule has 0 aromatic carbocycles. The number of H-pyrrole nitrogens is 1. The van der Waals surface area contributed by atoms with Crippen LogP contribution in [0.15, 0.2) is 5.38 Å². The molecule has 108 valence electrons. The summed E-state index contributed by atoms with van der Waals surface area (Å²) >= 11 is 1.60. The number of aryl methyl sites for hydroxylation is 1. The normalized spacial score (nSPS) is 11.6. The second kappa shape index (κ2) is 5.70. The van der Waals surface area contributed by atoms with Gasteiger partial charge in [-0.25, -0.2) is 9.97 Å². The third kappa shape index (κ3) is 3.63. The molecule has 0 spiro atoms. The van der Waals surface area contributed by atoms with Gasteiger partial charge in [0, 0.05) is 29.5 Å². The van der Waals surface area contributed by atoms with Gasteiger partial charge in [-0.3, -0.25) is 9.89 Å². The van der Waals surface area contributed by atoms with Crippen LogP contribution in [0.2, 0.25) is 0 Å². The van der Waals surface area contributed by atoms with Crippen molar-refractivity contribution in [2.24, 2.45) is 0 Å². The first-order valence-electron chi connectivity index (χ1n) is 6.48. The van der Waals surface area contributed by atoms with Crippen molar-refractivity contribution < 1.29 is 4.79 Å². The summed E-state index contributed by atoms with van der Waals surface area (Å²) in [6.07, 6.45) is 0.723. The molecule has 0 aliphatic carbocycles. The van der Waals surface area contributed by atoms with Crippen molar-refractivity contribution in [3.63, 3.8) is 0 Å². The number of rotatable bonds is 4. The van der Waals surface area contributed by atoms with Crippen molar-refractivity contribution in [2.75, 3.05) is 6.54 Å². The van der Waals surface area contributed by atoms with Crippen LogP contribution in [0.1, 0.15) is 47.9 Å². The molecule has 2 rings (SSSR count). The Hall–Kier alpha value is -1.76. The number of carbonyl (C=O) groups excluding carboxylic acids is 1. The summed E-state index contributed by atoms with van der Waals surface area (Å²) < 4.78 is 0. The van der Waals surface area contributed by atoms with Gasteiger partial charge in [-0.2, -0.15) is 0 Å². The summed E-state index contributed by atoms with van der Waals surface area (Å²) in [6, 6.07) is 0. The van der Waals surface area contributed by atoms with Crippen LogP contribution in [-0.4, -0.2) is 32.6 Å². The standard InChI is InChI=1S/C13H19N5OS/c1-8-7-20-9(15-8)5-6-14-11(19)10-16-12(18-17-10)13(2,3)4/h7H,5-6H2,1-4H3,(H,14,19)(H,16,17,18). The Kier molecular flexibility index (Phi) is 4.17. The summed E-state index contributed by atoms with van der Waals surface area (Å²) in [5.74, 6) is 0.633. The zero-order valence-corrected chi connectivity index (χ0v) is 13.0. The molecule has 20 heavy (non-hydrogen) atoms. The molecular weight excluding hydrogens is 274 g/mol. The summed E-state index contributed by atoms with van der Waals surface area (Å²) in [4.78, 5) is 20.5. The Bertz CT molecular complexity index is 596. The molecule has 2 heterocycles. The van der Waals surface area contributed by atoms with E-state index in [4.69, 9.17) is 0 Å². The van der Waals surface area contributed by atoms with Crippen molar-refractivity contribution in [2.45, 2.75) is 39.5 Å². The second-order valence-electron chi connectivity index (χ2n) is 5.65. The number of hydrogen-bond acceptors (Lipinski definition) is 5. The average molecular weight is 293 g/mol. The Morgan fingerprint density at radius 1 is 1.40 bits per heavy atom. The van der Waals surface area contributed by atoms with E-state index in [0.717, 1.165) is 17.1 Å². The maximum atomic E-state index is 11.9. The predicted octanol–water partition coefficient (Wildman–Crippen LogP) is 1.84. The van der Waals surface area contributed by atoms with Crippen molar-refractivity contribution in [1.82, 2.24) is 25.5 Å². The van der Waals surface area contributed by atoms with Crippen LogP contribution < -0.4 is 5.32 Å². The molecule has 0 fully saturated rings. The monoisotopic (exact) mass is 293 g/mol. The van der Waals surface area contributed by atoms with E-state index in [1.165, 1.54) is 0 Å². The first-order chi connectivity index (χ1) is 9.36. The molecule has 0 aliphatic heterocycles. The molecular formula is C13H19N5OS. The first-order valence-corrected chi connectivity index (χ1v) is 7.36. The van der Waals surface area contributed by atoms with Gasteiger partial charge in [0.15, 0.2) is 0 Å². The fourth-order valence-electron chi connectivity index (χ4n) is 1.58. The second-order valence-corrected chi connectivity index (χ2v) is 6.59. The number of hydrogen-bond donors (Lipinski definition) is 2. The molecule has 2 aromatic rings. The molecule has 0 saturated carbocycles. The number of nitrogens with zero attached hydrogens (tertiary/aromatic N) is 3. The molecule has 0 unspecified atom stereocenters. The number of thiazole rings is 1. The molecule has 0 atom stereocenters. The fraction of sp³-hybridized carbons (Fsp3) is 0.538. The summed E-state index contributed by atoms with van der Waals surface area (Å²) in [6.45, 7) is 8.53. The molecule has 0 bridgehead atoms. The molecule has 0 aliphatic rings. The van der Waals surface area contributed by atoms with Crippen LogP contribution in [-0.2, 0) is 11.8 Å². The zero-order chi connectivity index (χ0) is 14.8. The van der Waals surface area contributed by atoms with E-state index in [1.807, 2.05) is 33.1 Å². The smallest absolute Gasteiger partial charge is 0.290 e. The van der Waals surface area contributed by atoms with Crippen LogP contribution in [0, 0.1) is 6.92 Å². The lowest BCUT2D eigenvalue weighted by Gasteiger charge is -2.12. The highest BCUT2D eigenvalue weighted by atomic mass is 32.1. The number of amides is 1. The van der Waals surface area contributed by atoms with Crippen LogP contribution >= 0.6 is 11.3 Å². The summed E-state index contributed by atoms with van der Waals surface area (Å²) in [5.41, 5.74) is 0.865. The lowest BCUT2D eigenvalue weighted by molar-refractivity contribution is 0.0944. The SMILES string of the molecule is Cc1csc(CCNC(=O)c2n[nH]c(C(C)(C)C)n2)n1. The summed E-state index contributed by atoms with van der Waals surface area (Å²) in [5, 5.41) is 12.6. The third-order valence-corrected chi connectivity index (χ3v) is 3.72. The minimum atomic E-state index is -0.259. The van der Waals surface area contributed by atoms with Crippen molar-refractivity contribution in [3.8, 4) is 0 Å². The zero-order valence-electron chi connectivity index (χ0n) is 12.1. The summed E-state index contributed by atoms with van der Waals surface area (Å²) in [7, 11) is 0. The van der Waals surface area contributed by atoms with Crippen LogP contribution in [0.25, 0.3) is 0 Å². The van der Waals surface area contributed by atoms with Crippen LogP contribution in [0.4, 0.5) is 0 Å². The van der Waals surface area contributed by atoms with Gasteiger partial charge in [-0.05, 0) is 6.92 Å². The van der Waals surface area contributed by atoms with E-state index in [1.54, 1.807) is 11.3 Å². The van der Waals surface area contributed by atoms with Gasteiger partial charge in [0.2, 0.25) is 5.82 Å². The van der Waals surface area contributed by atoms with Crippen LogP contribution in [0.5, 0.6) is 0 Å². The average Bonchev–Trinajstić information content (AvgIpc) is 2.97. The predicted molar refractivity (Wildman–Crippen MR) is 78.0 cm³/mol. The van der Waals surface area contributed by atoms with Gasteiger partial charge in [0.25, 0.3) is 5.91 Å². The minimum Gasteiger partial charge on any atom is -0.349 e. The highest BCUT2D eigenvalue weighted by Gasteiger charge is 2.21. The Labute approximate surface area is 122 Å². The number of nitrogens with one attached hydrogen (secondary N) is 2. The van der Waals surface area contributed by atoms with Gasteiger partial charge < -0.3 is 5.32 Å². The first kappa shape index (κ1) is 14.6. The largest absolute Gasteiger partial charge is 0.349 e. The van der Waals surface area contributed by atoms with E-state index in [2.05, 4.69) is 25.5 Å². The van der Waals surface area contributed by atoms with Gasteiger partial charge in [0.05, 0.1) is 5.01 Å². The lowest BCUT2D eigenvalue weighted by atomic mass is 9.96. The van der Waals surface area contributed by atoms with E-state index < -0.39 is 0 Å². The van der Waals surface area contributed by atoms with Crippen molar-refractivity contribution in [3.05, 3.63) is 27.7 Å². The van der Waals surface area contributed by atoms with Gasteiger partial charge >= 0.3 is 0 Å². The van der Waals surface area contributed by atoms with E-state index in [0.29, 0.717) is 12.4 Å². The van der Waals surface area contributed by atoms with Gasteiger partial charge in [-0.15, -0.1) is 16.4 Å². The van der Waals surface area contributed by atoms with E-state index in [9.17, 15) is 4.79 Å². The Morgan fingerprint density at radius 3 is 2.70 bits per heavy atom. The molecule has 7 heteroatoms. The number of aromatic amines is 1. The molecule has 6 nitrogen and oxygen atoms in total. The Morgan fingerprint density at radius 2 is 2.15 bits per heavy atom. The Balaban J connectivity index is 1.87. The maximum absolute atomic E-state index is 11.9. The number of carbonyl (C=O) groups is 1. The maximum Gasteiger partial charge on any atom is 0.290 e. The molecule has 0 saturated heterocycles. The number of aromatic nitrogens is 4. The van der Waals surface area contributed by atoms with Crippen molar-refractivity contribution >= 4 is 17.2 Å². The molecule has 1 amide bonds. The van der Waals surface area contributed by atoms with Crippen LogP contribution in [0.3, 0.4) is 0 Å². The minimum absolute atomic E-state index is 0.149. The van der Waals surface area contributed by atoms with E-state index in [-0.39, 0.29) is 17.1 Å².